The van der Waals surface area contributed by atoms with Crippen LogP contribution in [0.15, 0.2) is 46.6 Å². The van der Waals surface area contributed by atoms with Crippen molar-refractivity contribution in [2.75, 3.05) is 18.6 Å². The van der Waals surface area contributed by atoms with Gasteiger partial charge < -0.3 is 16.2 Å². The number of hydrogen-bond acceptors (Lipinski definition) is 6. The number of ether oxygens (including phenoxy) is 1. The summed E-state index contributed by atoms with van der Waals surface area (Å²) in [5, 5.41) is 8.08. The zero-order valence-electron chi connectivity index (χ0n) is 9.87. The van der Waals surface area contributed by atoms with Gasteiger partial charge in [-0.1, -0.05) is 18.2 Å². The maximum Gasteiger partial charge on any atom is 0.168 e. The zero-order chi connectivity index (χ0) is 13.0. The van der Waals surface area contributed by atoms with Crippen LogP contribution in [0.2, 0.25) is 0 Å². The predicted molar refractivity (Wildman–Crippen MR) is 70.2 cm³/mol. The Balaban J connectivity index is 2.32. The third kappa shape index (κ3) is 2.54. The molecule has 0 aliphatic carbocycles. The van der Waals surface area contributed by atoms with Crippen LogP contribution in [0.4, 0.5) is 23.0 Å². The van der Waals surface area contributed by atoms with Crippen molar-refractivity contribution < 1.29 is 4.74 Å². The average Bonchev–Trinajstić information content (AvgIpc) is 2.39. The first kappa shape index (κ1) is 11.8. The monoisotopic (exact) mass is 243 g/mol. The van der Waals surface area contributed by atoms with Crippen LogP contribution in [-0.2, 0) is 0 Å². The van der Waals surface area contributed by atoms with Crippen LogP contribution in [0, 0.1) is 0 Å². The van der Waals surface area contributed by atoms with Crippen LogP contribution in [0.3, 0.4) is 0 Å². The Morgan fingerprint density at radius 2 is 1.78 bits per heavy atom. The highest BCUT2D eigenvalue weighted by Gasteiger charge is 2.07. The van der Waals surface area contributed by atoms with Gasteiger partial charge in [-0.3, -0.25) is 0 Å². The molecular weight excluding hydrogens is 230 g/mol. The maximum atomic E-state index is 5.71. The Labute approximate surface area is 104 Å². The Morgan fingerprint density at radius 1 is 1.06 bits per heavy atom. The zero-order valence-corrected chi connectivity index (χ0v) is 9.87. The van der Waals surface area contributed by atoms with Crippen molar-refractivity contribution in [2.45, 2.75) is 0 Å². The van der Waals surface area contributed by atoms with Crippen molar-refractivity contribution in [3.05, 3.63) is 36.4 Å². The molecule has 2 aromatic rings. The maximum absolute atomic E-state index is 5.71. The number of methoxy groups -OCH3 is 1. The molecule has 0 unspecified atom stereocenters. The van der Waals surface area contributed by atoms with Crippen molar-refractivity contribution in [1.29, 1.82) is 0 Å². The summed E-state index contributed by atoms with van der Waals surface area (Å²) in [6, 6.07) is 10.9. The van der Waals surface area contributed by atoms with Crippen LogP contribution in [-0.4, -0.2) is 12.1 Å². The summed E-state index contributed by atoms with van der Waals surface area (Å²) in [6.45, 7) is 0. The lowest BCUT2D eigenvalue weighted by Crippen LogP contribution is -1.99. The standard InChI is InChI=1S/C12H13N5O/c1-18-10-7-9(11(13)15-12(10)14)17-16-8-5-3-2-4-6-8/h2-7H,1H3,(H4,13,14,15)/b17-16+. The van der Waals surface area contributed by atoms with Crippen LogP contribution in [0.5, 0.6) is 5.75 Å². The van der Waals surface area contributed by atoms with Crippen LogP contribution < -0.4 is 16.2 Å². The molecular formula is C12H13N5O. The smallest absolute Gasteiger partial charge is 0.168 e. The summed E-state index contributed by atoms with van der Waals surface area (Å²) in [5.41, 5.74) is 12.5. The highest BCUT2D eigenvalue weighted by Crippen LogP contribution is 2.30. The summed E-state index contributed by atoms with van der Waals surface area (Å²) < 4.78 is 5.05. The number of nitrogens with zero attached hydrogens (tertiary/aromatic N) is 3. The molecule has 1 heterocycles. The number of pyridine rings is 1. The molecule has 0 bridgehead atoms. The summed E-state index contributed by atoms with van der Waals surface area (Å²) in [6.07, 6.45) is 0. The number of aromatic nitrogens is 1. The summed E-state index contributed by atoms with van der Waals surface area (Å²) in [4.78, 5) is 3.93. The fourth-order valence-electron chi connectivity index (χ4n) is 1.36. The number of benzene rings is 1. The number of anilines is 2. The molecule has 18 heavy (non-hydrogen) atoms. The van der Waals surface area contributed by atoms with E-state index in [1.54, 1.807) is 6.07 Å². The summed E-state index contributed by atoms with van der Waals surface area (Å²) in [5.74, 6) is 0.868. The second-order valence-corrected chi connectivity index (χ2v) is 3.52. The van der Waals surface area contributed by atoms with E-state index >= 15 is 0 Å². The molecule has 1 aromatic heterocycles. The van der Waals surface area contributed by atoms with Gasteiger partial charge in [0.25, 0.3) is 0 Å². The van der Waals surface area contributed by atoms with E-state index in [0.717, 1.165) is 5.69 Å². The molecule has 2 rings (SSSR count). The van der Waals surface area contributed by atoms with Crippen LogP contribution in [0.1, 0.15) is 0 Å². The van der Waals surface area contributed by atoms with E-state index in [1.807, 2.05) is 30.3 Å². The molecule has 0 saturated carbocycles. The molecule has 0 fully saturated rings. The number of azo groups is 1. The molecule has 0 radical (unpaired) electrons. The minimum atomic E-state index is 0.216. The lowest BCUT2D eigenvalue weighted by Gasteiger charge is -2.05. The highest BCUT2D eigenvalue weighted by atomic mass is 16.5. The molecule has 0 saturated heterocycles. The molecule has 0 amide bonds. The quantitative estimate of drug-likeness (QED) is 0.809. The highest BCUT2D eigenvalue weighted by molar-refractivity contribution is 5.66. The van der Waals surface area contributed by atoms with E-state index in [4.69, 9.17) is 16.2 Å². The van der Waals surface area contributed by atoms with E-state index < -0.39 is 0 Å². The van der Waals surface area contributed by atoms with Gasteiger partial charge in [-0.15, -0.1) is 5.11 Å². The van der Waals surface area contributed by atoms with Crippen molar-refractivity contribution in [3.8, 4) is 5.75 Å². The van der Waals surface area contributed by atoms with Gasteiger partial charge in [-0.2, -0.15) is 5.11 Å². The predicted octanol–water partition coefficient (Wildman–Crippen LogP) is 2.67. The molecule has 0 atom stereocenters. The van der Waals surface area contributed by atoms with Crippen LogP contribution in [0.25, 0.3) is 0 Å². The van der Waals surface area contributed by atoms with Crippen molar-refractivity contribution in [1.82, 2.24) is 4.98 Å². The normalized spacial score (nSPS) is 10.7. The first-order valence-electron chi connectivity index (χ1n) is 5.27. The van der Waals surface area contributed by atoms with E-state index in [2.05, 4.69) is 15.2 Å². The largest absolute Gasteiger partial charge is 0.493 e. The molecule has 0 aliphatic heterocycles. The lowest BCUT2D eigenvalue weighted by atomic mass is 10.3. The van der Waals surface area contributed by atoms with E-state index in [0.29, 0.717) is 11.4 Å². The molecule has 6 heteroatoms. The van der Waals surface area contributed by atoms with E-state index in [9.17, 15) is 0 Å². The summed E-state index contributed by atoms with van der Waals surface area (Å²) in [7, 11) is 1.50. The average molecular weight is 243 g/mol. The second-order valence-electron chi connectivity index (χ2n) is 3.52. The minimum absolute atomic E-state index is 0.216. The third-order valence-electron chi connectivity index (χ3n) is 2.27. The molecule has 6 nitrogen and oxygen atoms in total. The Morgan fingerprint density at radius 3 is 2.44 bits per heavy atom. The fraction of sp³-hybridized carbons (Fsp3) is 0.0833. The Kier molecular flexibility index (Phi) is 3.38. The first-order valence-corrected chi connectivity index (χ1v) is 5.27. The molecule has 92 valence electrons. The Hall–Kier alpha value is -2.63. The number of rotatable bonds is 3. The first-order chi connectivity index (χ1) is 8.70. The van der Waals surface area contributed by atoms with Crippen molar-refractivity contribution >= 4 is 23.0 Å². The fourth-order valence-corrected chi connectivity index (χ4v) is 1.36. The molecule has 0 spiro atoms. The van der Waals surface area contributed by atoms with Gasteiger partial charge in [-0.05, 0) is 12.1 Å². The number of nitrogens with two attached hydrogens (primary N) is 2. The molecule has 0 aliphatic rings. The van der Waals surface area contributed by atoms with Gasteiger partial charge >= 0.3 is 0 Å². The topological polar surface area (TPSA) is 98.9 Å². The lowest BCUT2D eigenvalue weighted by molar-refractivity contribution is 0.415. The van der Waals surface area contributed by atoms with Gasteiger partial charge in [-0.25, -0.2) is 4.98 Å². The van der Waals surface area contributed by atoms with Gasteiger partial charge in [0.05, 0.1) is 12.8 Å². The van der Waals surface area contributed by atoms with Gasteiger partial charge in [0.1, 0.15) is 5.69 Å². The van der Waals surface area contributed by atoms with Gasteiger partial charge in [0.2, 0.25) is 0 Å². The second kappa shape index (κ2) is 5.13. The van der Waals surface area contributed by atoms with E-state index in [-0.39, 0.29) is 11.6 Å². The Bertz CT molecular complexity index is 568. The van der Waals surface area contributed by atoms with Crippen molar-refractivity contribution in [2.24, 2.45) is 10.2 Å². The summed E-state index contributed by atoms with van der Waals surface area (Å²) >= 11 is 0. The van der Waals surface area contributed by atoms with Gasteiger partial charge in [0.15, 0.2) is 17.4 Å². The van der Waals surface area contributed by atoms with Gasteiger partial charge in [0, 0.05) is 6.07 Å². The minimum Gasteiger partial charge on any atom is -0.493 e. The van der Waals surface area contributed by atoms with Crippen molar-refractivity contribution in [3.63, 3.8) is 0 Å². The SMILES string of the molecule is COc1cc(/N=N/c2ccccc2)c(N)nc1N. The molecule has 4 N–H and O–H groups in total. The third-order valence-corrected chi connectivity index (χ3v) is 2.27. The van der Waals surface area contributed by atoms with Crippen LogP contribution >= 0.6 is 0 Å². The number of nitrogen functional groups attached to an aromatic ring is 2. The van der Waals surface area contributed by atoms with E-state index in [1.165, 1.54) is 7.11 Å². The number of hydrogen-bond donors (Lipinski definition) is 2. The molecule has 1 aromatic carbocycles.